The maximum absolute atomic E-state index is 13.4. The molecule has 2 N–H and O–H groups in total. The summed E-state index contributed by atoms with van der Waals surface area (Å²) in [6, 6.07) is 11.4. The molecule has 9 heteroatoms. The van der Waals surface area contributed by atoms with Crippen molar-refractivity contribution in [3.8, 4) is 5.75 Å². The van der Waals surface area contributed by atoms with Gasteiger partial charge in [0.1, 0.15) is 5.75 Å². The van der Waals surface area contributed by atoms with Crippen LogP contribution >= 0.6 is 11.6 Å². The van der Waals surface area contributed by atoms with Crippen molar-refractivity contribution in [2.75, 3.05) is 24.6 Å². The van der Waals surface area contributed by atoms with E-state index in [0.29, 0.717) is 38.3 Å². The number of rotatable bonds is 2. The molecule has 44 heavy (non-hydrogen) atoms. The van der Waals surface area contributed by atoms with Crippen molar-refractivity contribution in [3.05, 3.63) is 82.9 Å². The minimum absolute atomic E-state index is 0.0219. The molecule has 2 aliphatic heterocycles. The lowest BCUT2D eigenvalue weighted by Crippen LogP contribution is -2.52. The minimum atomic E-state index is -3.95. The Morgan fingerprint density at radius 1 is 1.20 bits per heavy atom. The van der Waals surface area contributed by atoms with E-state index >= 15 is 0 Å². The Kier molecular flexibility index (Phi) is 8.39. The monoisotopic (exact) mass is 638 g/mol. The summed E-state index contributed by atoms with van der Waals surface area (Å²) in [5.41, 5.74) is 2.18. The van der Waals surface area contributed by atoms with Gasteiger partial charge < -0.3 is 14.7 Å². The van der Waals surface area contributed by atoms with E-state index in [2.05, 4.69) is 28.3 Å². The number of nitrogens with one attached hydrogen (secondary N) is 1. The van der Waals surface area contributed by atoms with Gasteiger partial charge in [0, 0.05) is 29.1 Å². The predicted molar refractivity (Wildman–Crippen MR) is 175 cm³/mol. The van der Waals surface area contributed by atoms with E-state index in [4.69, 9.17) is 16.3 Å². The number of carbonyl (C=O) groups is 1. The number of anilines is 1. The molecule has 0 unspecified atom stereocenters. The van der Waals surface area contributed by atoms with Gasteiger partial charge in [-0.1, -0.05) is 42.8 Å². The molecule has 0 radical (unpaired) electrons. The summed E-state index contributed by atoms with van der Waals surface area (Å²) in [6.45, 7) is 9.24. The summed E-state index contributed by atoms with van der Waals surface area (Å²) in [5, 5.41) is 11.9. The molecule has 1 saturated carbocycles. The zero-order valence-corrected chi connectivity index (χ0v) is 27.2. The summed E-state index contributed by atoms with van der Waals surface area (Å²) in [5.74, 6) is -0.0119. The molecule has 1 spiro atoms. The normalized spacial score (nSPS) is 33.9. The van der Waals surface area contributed by atoms with E-state index in [1.807, 2.05) is 25.1 Å². The van der Waals surface area contributed by atoms with Crippen LogP contribution in [0, 0.1) is 17.8 Å². The summed E-state index contributed by atoms with van der Waals surface area (Å²) in [7, 11) is -3.95. The van der Waals surface area contributed by atoms with E-state index in [0.717, 1.165) is 42.8 Å². The van der Waals surface area contributed by atoms with Crippen LogP contribution in [0.3, 0.4) is 0 Å². The van der Waals surface area contributed by atoms with Gasteiger partial charge in [-0.2, -0.15) is 0 Å². The minimum Gasteiger partial charge on any atom is -0.490 e. The lowest BCUT2D eigenvalue weighted by molar-refractivity contribution is -0.0428. The van der Waals surface area contributed by atoms with E-state index in [-0.39, 0.29) is 28.7 Å². The lowest BCUT2D eigenvalue weighted by Gasteiger charge is -2.49. The van der Waals surface area contributed by atoms with Crippen molar-refractivity contribution < 1.29 is 23.1 Å². The summed E-state index contributed by atoms with van der Waals surface area (Å²) in [6.07, 6.45) is 11.2. The first-order valence-corrected chi connectivity index (χ1v) is 17.7. The number of hydrogen-bond donors (Lipinski definition) is 2. The number of aliphatic hydroxyl groups is 1. The second-order valence-corrected chi connectivity index (χ2v) is 16.0. The molecule has 0 saturated heterocycles. The third-order valence-electron chi connectivity index (χ3n) is 10.7. The van der Waals surface area contributed by atoms with Crippen LogP contribution in [-0.4, -0.2) is 50.0 Å². The Hall–Kier alpha value is -2.81. The molecular weight excluding hydrogens is 596 g/mol. The van der Waals surface area contributed by atoms with Gasteiger partial charge in [-0.05, 0) is 111 Å². The van der Waals surface area contributed by atoms with Crippen LogP contribution in [0.1, 0.15) is 73.9 Å². The van der Waals surface area contributed by atoms with E-state index in [1.54, 1.807) is 31.2 Å². The molecule has 7 nitrogen and oxygen atoms in total. The third-order valence-corrected chi connectivity index (χ3v) is 12.9. The van der Waals surface area contributed by atoms with Crippen LogP contribution in [0.2, 0.25) is 5.02 Å². The highest BCUT2D eigenvalue weighted by Gasteiger charge is 2.47. The van der Waals surface area contributed by atoms with Gasteiger partial charge in [0.15, 0.2) is 0 Å². The number of amides is 1. The first-order valence-electron chi connectivity index (χ1n) is 15.8. The number of halogens is 1. The van der Waals surface area contributed by atoms with Gasteiger partial charge in [-0.25, -0.2) is 13.1 Å². The fraction of sp³-hybridized carbons (Fsp3) is 0.514. The van der Waals surface area contributed by atoms with Gasteiger partial charge in [0.25, 0.3) is 5.91 Å². The Morgan fingerprint density at radius 2 is 2.02 bits per heavy atom. The summed E-state index contributed by atoms with van der Waals surface area (Å²) >= 11 is 6.41. The molecule has 2 aromatic carbocycles. The summed E-state index contributed by atoms with van der Waals surface area (Å²) in [4.78, 5) is 15.7. The van der Waals surface area contributed by atoms with Crippen LogP contribution in [0.4, 0.5) is 5.69 Å². The van der Waals surface area contributed by atoms with Crippen LogP contribution in [0.25, 0.3) is 0 Å². The van der Waals surface area contributed by atoms with Crippen molar-refractivity contribution >= 4 is 33.2 Å². The van der Waals surface area contributed by atoms with Gasteiger partial charge in [0.2, 0.25) is 10.0 Å². The van der Waals surface area contributed by atoms with Gasteiger partial charge in [0.05, 0.1) is 23.1 Å². The number of allylic oxidation sites excluding steroid dienone is 1. The van der Waals surface area contributed by atoms with Gasteiger partial charge in [-0.3, -0.25) is 4.79 Å². The first kappa shape index (κ1) is 31.2. The second kappa shape index (κ2) is 11.8. The van der Waals surface area contributed by atoms with Crippen LogP contribution in [0.15, 0.2) is 61.2 Å². The standard InChI is InChI=1S/C35H43ClN2O5S/c1-4-15-35(40)17-5-7-23(2)24(3)44(41,42)37-33(39)26-10-14-32-31(19-26)38(20-27-9-12-30(27)35)21-34(22-43-32)16-6-8-25-18-28(36)11-13-29(25)34/h4-5,10-11,13-14,17-19,23-24,27,30,40H,1,6-9,12,15-16,20-22H2,2-3H3,(H,37,39)/b17-5-/t23-,24+,27-,30+,34-,35+/m0/s1. The molecule has 6 rings (SSSR count). The van der Waals surface area contributed by atoms with Crippen LogP contribution in [0.5, 0.6) is 5.75 Å². The number of hydrogen-bond acceptors (Lipinski definition) is 6. The van der Waals surface area contributed by atoms with Gasteiger partial charge >= 0.3 is 0 Å². The number of carbonyl (C=O) groups excluding carboxylic acids is 1. The summed E-state index contributed by atoms with van der Waals surface area (Å²) < 4.78 is 35.4. The molecule has 1 fully saturated rings. The Balaban J connectivity index is 1.45. The highest BCUT2D eigenvalue weighted by molar-refractivity contribution is 7.90. The SMILES string of the molecule is C=CC[C@@]1(O)/C=C\C[C@H](C)[C@@H](C)S(=O)(=O)NC(=O)c2ccc3c(c2)N(C[C@@H]2CC[C@H]21)C[C@@]1(CCCc2cc(Cl)ccc21)CO3. The number of sulfonamides is 1. The number of fused-ring (bicyclic) bond motifs is 4. The largest absolute Gasteiger partial charge is 0.490 e. The number of aryl methyl sites for hydroxylation is 1. The van der Waals surface area contributed by atoms with Crippen molar-refractivity contribution in [1.29, 1.82) is 0 Å². The highest BCUT2D eigenvalue weighted by Crippen LogP contribution is 2.49. The molecule has 2 aliphatic carbocycles. The van der Waals surface area contributed by atoms with Crippen LogP contribution < -0.4 is 14.4 Å². The highest BCUT2D eigenvalue weighted by atomic mass is 35.5. The van der Waals surface area contributed by atoms with E-state index < -0.39 is 26.8 Å². The zero-order valence-electron chi connectivity index (χ0n) is 25.6. The fourth-order valence-electron chi connectivity index (χ4n) is 7.82. The number of benzene rings is 2. The molecule has 0 aromatic heterocycles. The third kappa shape index (κ3) is 5.69. The second-order valence-electron chi connectivity index (χ2n) is 13.5. The predicted octanol–water partition coefficient (Wildman–Crippen LogP) is 6.19. The van der Waals surface area contributed by atoms with E-state index in [1.165, 1.54) is 11.1 Å². The maximum Gasteiger partial charge on any atom is 0.264 e. The smallest absolute Gasteiger partial charge is 0.264 e. The molecule has 2 aromatic rings. The van der Waals surface area contributed by atoms with Crippen molar-refractivity contribution in [2.45, 2.75) is 75.1 Å². The molecule has 4 aliphatic rings. The fourth-order valence-corrected chi connectivity index (χ4v) is 9.30. The average Bonchev–Trinajstić information content (AvgIpc) is 3.11. The molecule has 236 valence electrons. The van der Waals surface area contributed by atoms with Gasteiger partial charge in [-0.15, -0.1) is 6.58 Å². The van der Waals surface area contributed by atoms with E-state index in [9.17, 15) is 18.3 Å². The van der Waals surface area contributed by atoms with Crippen molar-refractivity contribution in [3.63, 3.8) is 0 Å². The lowest BCUT2D eigenvalue weighted by atomic mass is 9.63. The molecular formula is C35H43ClN2O5S. The average molecular weight is 639 g/mol. The topological polar surface area (TPSA) is 95.9 Å². The number of nitrogens with zero attached hydrogens (tertiary/aromatic N) is 1. The maximum atomic E-state index is 13.4. The Bertz CT molecular complexity index is 1590. The first-order chi connectivity index (χ1) is 20.9. The molecule has 1 amide bonds. The van der Waals surface area contributed by atoms with Crippen molar-refractivity contribution in [1.82, 2.24) is 4.72 Å². The zero-order chi connectivity index (χ0) is 31.3. The number of ether oxygens (including phenoxy) is 1. The Labute approximate surface area is 266 Å². The molecule has 6 atom stereocenters. The molecule has 2 bridgehead atoms. The van der Waals surface area contributed by atoms with Crippen molar-refractivity contribution in [2.24, 2.45) is 17.8 Å². The Morgan fingerprint density at radius 3 is 2.77 bits per heavy atom. The van der Waals surface area contributed by atoms with Crippen LogP contribution in [-0.2, 0) is 21.9 Å². The quantitative estimate of drug-likeness (QED) is 0.381. The molecule has 2 heterocycles.